The highest BCUT2D eigenvalue weighted by atomic mass is 35.5. The van der Waals surface area contributed by atoms with E-state index in [0.717, 1.165) is 18.5 Å². The van der Waals surface area contributed by atoms with Crippen LogP contribution in [0.25, 0.3) is 0 Å². The maximum atomic E-state index is 12.4. The summed E-state index contributed by atoms with van der Waals surface area (Å²) in [6.07, 6.45) is 1.08. The molecule has 2 N–H and O–H groups in total. The third kappa shape index (κ3) is 5.14. The zero-order valence-corrected chi connectivity index (χ0v) is 13.7. The fourth-order valence-electron chi connectivity index (χ4n) is 2.15. The van der Waals surface area contributed by atoms with Gasteiger partial charge in [-0.05, 0) is 11.5 Å². The van der Waals surface area contributed by atoms with E-state index in [0.29, 0.717) is 5.92 Å². The van der Waals surface area contributed by atoms with Gasteiger partial charge in [-0.15, -0.1) is 12.4 Å². The normalized spacial score (nSPS) is 14.8. The fourth-order valence-corrected chi connectivity index (χ4v) is 2.15. The number of amides is 1. The molecule has 0 aliphatic heterocycles. The lowest BCUT2D eigenvalue weighted by atomic mass is 9.94. The van der Waals surface area contributed by atoms with Crippen LogP contribution in [0.5, 0.6) is 0 Å². The van der Waals surface area contributed by atoms with Gasteiger partial charge in [0.25, 0.3) is 0 Å². The van der Waals surface area contributed by atoms with Gasteiger partial charge in [-0.3, -0.25) is 4.79 Å². The van der Waals surface area contributed by atoms with Crippen LogP contribution in [-0.2, 0) is 4.79 Å². The van der Waals surface area contributed by atoms with Gasteiger partial charge in [-0.2, -0.15) is 0 Å². The number of nitrogens with zero attached hydrogens (tertiary/aromatic N) is 1. The van der Waals surface area contributed by atoms with Gasteiger partial charge in [-0.1, -0.05) is 57.5 Å². The van der Waals surface area contributed by atoms with Crippen LogP contribution in [0.3, 0.4) is 0 Å². The van der Waals surface area contributed by atoms with Gasteiger partial charge < -0.3 is 10.6 Å². The number of rotatable bonds is 6. The Kier molecular flexibility index (Phi) is 8.51. The molecule has 3 nitrogen and oxygen atoms in total. The van der Waals surface area contributed by atoms with E-state index < -0.39 is 0 Å². The van der Waals surface area contributed by atoms with Crippen molar-refractivity contribution in [3.63, 3.8) is 0 Å². The van der Waals surface area contributed by atoms with Crippen LogP contribution in [0.4, 0.5) is 0 Å². The summed E-state index contributed by atoms with van der Waals surface area (Å²) in [5.41, 5.74) is 7.21. The number of benzene rings is 1. The van der Waals surface area contributed by atoms with Gasteiger partial charge in [0.05, 0.1) is 5.92 Å². The Morgan fingerprint density at radius 3 is 2.30 bits per heavy atom. The molecular formula is C16H27ClN2O. The summed E-state index contributed by atoms with van der Waals surface area (Å²) in [5.74, 6) is 0.446. The molecule has 0 bridgehead atoms. The van der Waals surface area contributed by atoms with Crippen LogP contribution in [0, 0.1) is 11.8 Å². The largest absolute Gasteiger partial charge is 0.345 e. The van der Waals surface area contributed by atoms with Gasteiger partial charge in [0.1, 0.15) is 0 Å². The first-order valence-corrected chi connectivity index (χ1v) is 7.02. The van der Waals surface area contributed by atoms with Crippen LogP contribution in [0.2, 0.25) is 0 Å². The summed E-state index contributed by atoms with van der Waals surface area (Å²) < 4.78 is 0. The van der Waals surface area contributed by atoms with Gasteiger partial charge in [0.15, 0.2) is 0 Å². The molecular weight excluding hydrogens is 272 g/mol. The van der Waals surface area contributed by atoms with Crippen molar-refractivity contribution in [2.45, 2.75) is 33.2 Å². The van der Waals surface area contributed by atoms with Crippen molar-refractivity contribution in [2.75, 3.05) is 13.6 Å². The zero-order valence-electron chi connectivity index (χ0n) is 12.9. The van der Waals surface area contributed by atoms with E-state index in [1.807, 2.05) is 49.2 Å². The molecule has 3 atom stereocenters. The highest BCUT2D eigenvalue weighted by Gasteiger charge is 2.25. The Labute approximate surface area is 128 Å². The number of nitrogens with two attached hydrogens (primary N) is 1. The van der Waals surface area contributed by atoms with Crippen LogP contribution in [0.15, 0.2) is 30.3 Å². The maximum absolute atomic E-state index is 12.4. The molecule has 3 unspecified atom stereocenters. The van der Waals surface area contributed by atoms with E-state index in [2.05, 4.69) is 13.8 Å². The summed E-state index contributed by atoms with van der Waals surface area (Å²) >= 11 is 0. The lowest BCUT2D eigenvalue weighted by molar-refractivity contribution is -0.134. The standard InChI is InChI=1S/C16H26N2O.ClH/c1-5-12(2)11-18(4)16(19)13(3)15(17)14-9-7-6-8-10-14;/h6-10,12-13,15H,5,11,17H2,1-4H3;1H. The molecule has 0 spiro atoms. The molecule has 0 aliphatic rings. The Bertz CT molecular complexity index is 397. The third-order valence-electron chi connectivity index (χ3n) is 3.77. The van der Waals surface area contributed by atoms with Gasteiger partial charge in [0, 0.05) is 19.6 Å². The lowest BCUT2D eigenvalue weighted by Gasteiger charge is -2.27. The van der Waals surface area contributed by atoms with Crippen molar-refractivity contribution in [1.29, 1.82) is 0 Å². The van der Waals surface area contributed by atoms with Crippen LogP contribution < -0.4 is 5.73 Å². The first-order chi connectivity index (χ1) is 8.97. The molecule has 0 saturated heterocycles. The second-order valence-electron chi connectivity index (χ2n) is 5.46. The average molecular weight is 299 g/mol. The predicted molar refractivity (Wildman–Crippen MR) is 86.9 cm³/mol. The minimum atomic E-state index is -0.243. The lowest BCUT2D eigenvalue weighted by Crippen LogP contribution is -2.39. The number of carbonyl (C=O) groups excluding carboxylic acids is 1. The summed E-state index contributed by atoms with van der Waals surface area (Å²) in [6, 6.07) is 9.57. The second-order valence-corrected chi connectivity index (χ2v) is 5.46. The molecule has 4 heteroatoms. The Morgan fingerprint density at radius 2 is 1.80 bits per heavy atom. The highest BCUT2D eigenvalue weighted by Crippen LogP contribution is 2.21. The van der Waals surface area contributed by atoms with Crippen LogP contribution in [0.1, 0.15) is 38.8 Å². The van der Waals surface area contributed by atoms with E-state index in [1.54, 1.807) is 0 Å². The van der Waals surface area contributed by atoms with Crippen molar-refractivity contribution in [3.8, 4) is 0 Å². The first-order valence-electron chi connectivity index (χ1n) is 7.02. The molecule has 0 radical (unpaired) electrons. The Balaban J connectivity index is 0.00000361. The number of hydrogen-bond acceptors (Lipinski definition) is 2. The molecule has 20 heavy (non-hydrogen) atoms. The summed E-state index contributed by atoms with van der Waals surface area (Å²) in [6.45, 7) is 7.00. The molecule has 1 amide bonds. The first kappa shape index (κ1) is 18.9. The summed E-state index contributed by atoms with van der Waals surface area (Å²) in [7, 11) is 1.86. The average Bonchev–Trinajstić information content (AvgIpc) is 2.45. The Hall–Kier alpha value is -1.06. The monoisotopic (exact) mass is 298 g/mol. The summed E-state index contributed by atoms with van der Waals surface area (Å²) in [5, 5.41) is 0. The minimum Gasteiger partial charge on any atom is -0.345 e. The van der Waals surface area contributed by atoms with Crippen molar-refractivity contribution in [2.24, 2.45) is 17.6 Å². The van der Waals surface area contributed by atoms with Crippen LogP contribution >= 0.6 is 12.4 Å². The van der Waals surface area contributed by atoms with Crippen molar-refractivity contribution >= 4 is 18.3 Å². The van der Waals surface area contributed by atoms with E-state index in [-0.39, 0.29) is 30.3 Å². The fraction of sp³-hybridized carbons (Fsp3) is 0.562. The second kappa shape index (κ2) is 8.98. The molecule has 1 rings (SSSR count). The van der Waals surface area contributed by atoms with E-state index >= 15 is 0 Å². The molecule has 0 aromatic heterocycles. The van der Waals surface area contributed by atoms with Crippen molar-refractivity contribution in [1.82, 2.24) is 4.90 Å². The summed E-state index contributed by atoms with van der Waals surface area (Å²) in [4.78, 5) is 14.2. The quantitative estimate of drug-likeness (QED) is 0.876. The Morgan fingerprint density at radius 1 is 1.25 bits per heavy atom. The van der Waals surface area contributed by atoms with Crippen LogP contribution in [-0.4, -0.2) is 24.4 Å². The zero-order chi connectivity index (χ0) is 14.4. The molecule has 0 saturated carbocycles. The van der Waals surface area contributed by atoms with E-state index in [9.17, 15) is 4.79 Å². The van der Waals surface area contributed by atoms with Crippen molar-refractivity contribution < 1.29 is 4.79 Å². The molecule has 1 aromatic rings. The third-order valence-corrected chi connectivity index (χ3v) is 3.77. The topological polar surface area (TPSA) is 46.3 Å². The number of hydrogen-bond donors (Lipinski definition) is 1. The van der Waals surface area contributed by atoms with E-state index in [4.69, 9.17) is 5.73 Å². The molecule has 0 heterocycles. The van der Waals surface area contributed by atoms with Crippen molar-refractivity contribution in [3.05, 3.63) is 35.9 Å². The maximum Gasteiger partial charge on any atom is 0.227 e. The van der Waals surface area contributed by atoms with Gasteiger partial charge in [-0.25, -0.2) is 0 Å². The number of carbonyl (C=O) groups is 1. The SMILES string of the molecule is CCC(C)CN(C)C(=O)C(C)C(N)c1ccccc1.Cl. The molecule has 0 aliphatic carbocycles. The van der Waals surface area contributed by atoms with Gasteiger partial charge in [0.2, 0.25) is 5.91 Å². The predicted octanol–water partition coefficient (Wildman–Crippen LogP) is 3.25. The highest BCUT2D eigenvalue weighted by molar-refractivity contribution is 5.85. The molecule has 114 valence electrons. The smallest absolute Gasteiger partial charge is 0.227 e. The minimum absolute atomic E-state index is 0. The molecule has 1 aromatic carbocycles. The van der Waals surface area contributed by atoms with Gasteiger partial charge >= 0.3 is 0 Å². The number of halogens is 1. The van der Waals surface area contributed by atoms with E-state index in [1.165, 1.54) is 0 Å². The molecule has 0 fully saturated rings.